The number of fused-ring (bicyclic) bond motifs is 1. The Morgan fingerprint density at radius 2 is 1.95 bits per heavy atom. The smallest absolute Gasteiger partial charge is 0.107 e. The van der Waals surface area contributed by atoms with Gasteiger partial charge in [-0.05, 0) is 59.7 Å². The van der Waals surface area contributed by atoms with Gasteiger partial charge in [-0.15, -0.1) is 0 Å². The Labute approximate surface area is 134 Å². The van der Waals surface area contributed by atoms with Gasteiger partial charge in [0.15, 0.2) is 0 Å². The Bertz CT molecular complexity index is 515. The Balaban J connectivity index is 1.99. The molecule has 2 fully saturated rings. The minimum atomic E-state index is 0.491. The van der Waals surface area contributed by atoms with E-state index in [1.807, 2.05) is 6.07 Å². The molecule has 0 amide bonds. The van der Waals surface area contributed by atoms with Gasteiger partial charge in [-0.2, -0.15) is 0 Å². The molecule has 2 nitrogen and oxygen atoms in total. The second-order valence-electron chi connectivity index (χ2n) is 5.95. The third-order valence-corrected chi connectivity index (χ3v) is 5.66. The summed E-state index contributed by atoms with van der Waals surface area (Å²) in [5.74, 6) is 0.857. The van der Waals surface area contributed by atoms with E-state index in [0.717, 1.165) is 22.5 Å². The number of anilines is 1. The minimum Gasteiger partial charge on any atom is -0.389 e. The SMILES string of the molecule is NC(=S)c1c(Br)cccc1N1CCCC2CCCCC21. The summed E-state index contributed by atoms with van der Waals surface area (Å²) in [7, 11) is 0. The molecule has 1 aliphatic carbocycles. The molecule has 4 heteroatoms. The quantitative estimate of drug-likeness (QED) is 0.807. The van der Waals surface area contributed by atoms with Gasteiger partial charge in [-0.3, -0.25) is 0 Å². The van der Waals surface area contributed by atoms with Crippen molar-refractivity contribution in [1.82, 2.24) is 0 Å². The van der Waals surface area contributed by atoms with Crippen LogP contribution in [0.4, 0.5) is 5.69 Å². The van der Waals surface area contributed by atoms with E-state index in [1.165, 1.54) is 44.2 Å². The molecule has 2 unspecified atom stereocenters. The molecule has 20 heavy (non-hydrogen) atoms. The first-order chi connectivity index (χ1) is 9.68. The molecule has 0 aromatic heterocycles. The summed E-state index contributed by atoms with van der Waals surface area (Å²) in [4.78, 5) is 3.07. The van der Waals surface area contributed by atoms with E-state index in [9.17, 15) is 0 Å². The summed E-state index contributed by atoms with van der Waals surface area (Å²) in [5, 5.41) is 0. The third-order valence-electron chi connectivity index (χ3n) is 4.79. The number of nitrogens with zero attached hydrogens (tertiary/aromatic N) is 1. The van der Waals surface area contributed by atoms with E-state index >= 15 is 0 Å². The van der Waals surface area contributed by atoms with E-state index in [0.29, 0.717) is 11.0 Å². The first kappa shape index (κ1) is 14.3. The van der Waals surface area contributed by atoms with E-state index in [1.54, 1.807) is 0 Å². The van der Waals surface area contributed by atoms with Crippen LogP contribution in [0.15, 0.2) is 22.7 Å². The number of hydrogen-bond donors (Lipinski definition) is 1. The number of thiocarbonyl (C=S) groups is 1. The maximum Gasteiger partial charge on any atom is 0.107 e. The van der Waals surface area contributed by atoms with Crippen molar-refractivity contribution in [2.75, 3.05) is 11.4 Å². The second-order valence-corrected chi connectivity index (χ2v) is 7.24. The van der Waals surface area contributed by atoms with Crippen LogP contribution in [-0.2, 0) is 0 Å². The van der Waals surface area contributed by atoms with Crippen LogP contribution in [0.25, 0.3) is 0 Å². The topological polar surface area (TPSA) is 29.3 Å². The fraction of sp³-hybridized carbons (Fsp3) is 0.562. The first-order valence-electron chi connectivity index (χ1n) is 7.53. The first-order valence-corrected chi connectivity index (χ1v) is 8.73. The van der Waals surface area contributed by atoms with Crippen molar-refractivity contribution in [1.29, 1.82) is 0 Å². The molecule has 0 spiro atoms. The molecular formula is C16H21BrN2S. The zero-order valence-corrected chi connectivity index (χ0v) is 14.0. The molecular weight excluding hydrogens is 332 g/mol. The summed E-state index contributed by atoms with van der Waals surface area (Å²) in [6, 6.07) is 6.98. The largest absolute Gasteiger partial charge is 0.389 e. The van der Waals surface area contributed by atoms with Crippen LogP contribution in [0, 0.1) is 5.92 Å². The van der Waals surface area contributed by atoms with Gasteiger partial charge in [0.1, 0.15) is 4.99 Å². The molecule has 3 rings (SSSR count). The van der Waals surface area contributed by atoms with Crippen LogP contribution in [0.1, 0.15) is 44.1 Å². The summed E-state index contributed by atoms with van der Waals surface area (Å²) in [5.41, 5.74) is 8.20. The molecule has 2 aliphatic rings. The number of nitrogens with two attached hydrogens (primary N) is 1. The highest BCUT2D eigenvalue weighted by atomic mass is 79.9. The Hall–Kier alpha value is -0.610. The van der Waals surface area contributed by atoms with Crippen LogP contribution in [0.2, 0.25) is 0 Å². The lowest BCUT2D eigenvalue weighted by Crippen LogP contribution is -2.47. The number of hydrogen-bond acceptors (Lipinski definition) is 2. The number of rotatable bonds is 2. The average Bonchev–Trinajstić information content (AvgIpc) is 2.46. The number of benzene rings is 1. The van der Waals surface area contributed by atoms with Gasteiger partial charge in [0.05, 0.1) is 0 Å². The van der Waals surface area contributed by atoms with Crippen molar-refractivity contribution >= 4 is 38.8 Å². The van der Waals surface area contributed by atoms with Crippen molar-refractivity contribution in [3.63, 3.8) is 0 Å². The minimum absolute atomic E-state index is 0.491. The summed E-state index contributed by atoms with van der Waals surface area (Å²) >= 11 is 8.88. The predicted octanol–water partition coefficient (Wildman–Crippen LogP) is 4.24. The Kier molecular flexibility index (Phi) is 4.32. The molecule has 1 saturated carbocycles. The van der Waals surface area contributed by atoms with Crippen LogP contribution in [0.5, 0.6) is 0 Å². The third kappa shape index (κ3) is 2.60. The van der Waals surface area contributed by atoms with Crippen molar-refractivity contribution < 1.29 is 0 Å². The molecule has 108 valence electrons. The standard InChI is InChI=1S/C16H21BrN2S/c17-12-7-3-9-14(15(12)16(18)20)19-10-4-6-11-5-1-2-8-13(11)19/h3,7,9,11,13H,1-2,4-6,8,10H2,(H2,18,20). The lowest BCUT2D eigenvalue weighted by Gasteiger charge is -2.46. The van der Waals surface area contributed by atoms with Crippen molar-refractivity contribution in [3.8, 4) is 0 Å². The van der Waals surface area contributed by atoms with Crippen LogP contribution in [-0.4, -0.2) is 17.6 Å². The fourth-order valence-corrected chi connectivity index (χ4v) is 4.83. The number of halogens is 1. The van der Waals surface area contributed by atoms with Gasteiger partial charge >= 0.3 is 0 Å². The maximum absolute atomic E-state index is 5.96. The lowest BCUT2D eigenvalue weighted by atomic mass is 9.78. The van der Waals surface area contributed by atoms with Gasteiger partial charge in [0.25, 0.3) is 0 Å². The Morgan fingerprint density at radius 3 is 2.75 bits per heavy atom. The highest BCUT2D eigenvalue weighted by Crippen LogP contribution is 2.40. The molecule has 2 N–H and O–H groups in total. The van der Waals surface area contributed by atoms with Crippen LogP contribution >= 0.6 is 28.1 Å². The number of piperidine rings is 1. The Morgan fingerprint density at radius 1 is 1.20 bits per heavy atom. The predicted molar refractivity (Wildman–Crippen MR) is 92.4 cm³/mol. The molecule has 0 radical (unpaired) electrons. The van der Waals surface area contributed by atoms with Crippen LogP contribution in [0.3, 0.4) is 0 Å². The van der Waals surface area contributed by atoms with Gasteiger partial charge in [0.2, 0.25) is 0 Å². The van der Waals surface area contributed by atoms with E-state index < -0.39 is 0 Å². The molecule has 2 atom stereocenters. The highest BCUT2D eigenvalue weighted by molar-refractivity contribution is 9.10. The molecule has 0 bridgehead atoms. The van der Waals surface area contributed by atoms with E-state index in [-0.39, 0.29) is 0 Å². The van der Waals surface area contributed by atoms with E-state index in [4.69, 9.17) is 18.0 Å². The van der Waals surface area contributed by atoms with Crippen LogP contribution < -0.4 is 10.6 Å². The monoisotopic (exact) mass is 352 g/mol. The van der Waals surface area contributed by atoms with Gasteiger partial charge in [-0.1, -0.05) is 31.1 Å². The summed E-state index contributed by atoms with van der Waals surface area (Å²) in [6.07, 6.45) is 8.12. The normalized spacial score (nSPS) is 26.1. The zero-order valence-electron chi connectivity index (χ0n) is 11.6. The average molecular weight is 353 g/mol. The second kappa shape index (κ2) is 6.02. The summed E-state index contributed by atoms with van der Waals surface area (Å²) < 4.78 is 1.01. The van der Waals surface area contributed by atoms with E-state index in [2.05, 4.69) is 33.0 Å². The van der Waals surface area contributed by atoms with Crippen molar-refractivity contribution in [2.24, 2.45) is 11.7 Å². The van der Waals surface area contributed by atoms with Gasteiger partial charge < -0.3 is 10.6 Å². The molecule has 1 aliphatic heterocycles. The van der Waals surface area contributed by atoms with Gasteiger partial charge in [0, 0.05) is 28.3 Å². The summed E-state index contributed by atoms with van der Waals surface area (Å²) in [6.45, 7) is 1.13. The van der Waals surface area contributed by atoms with Gasteiger partial charge in [-0.25, -0.2) is 0 Å². The molecule has 1 aromatic carbocycles. The highest BCUT2D eigenvalue weighted by Gasteiger charge is 2.34. The molecule has 1 heterocycles. The fourth-order valence-electron chi connectivity index (χ4n) is 3.92. The lowest BCUT2D eigenvalue weighted by molar-refractivity contribution is 0.244. The van der Waals surface area contributed by atoms with Crippen molar-refractivity contribution in [2.45, 2.75) is 44.6 Å². The zero-order chi connectivity index (χ0) is 14.1. The van der Waals surface area contributed by atoms with Crippen molar-refractivity contribution in [3.05, 3.63) is 28.2 Å². The molecule has 1 aromatic rings. The maximum atomic E-state index is 5.96. The molecule has 1 saturated heterocycles.